The molecule has 4 aromatic rings. The quantitative estimate of drug-likeness (QED) is 0.435. The third-order valence-electron chi connectivity index (χ3n) is 5.01. The lowest BCUT2D eigenvalue weighted by molar-refractivity contribution is 0.100. The number of benzene rings is 2. The lowest BCUT2D eigenvalue weighted by atomic mass is 10.2. The summed E-state index contributed by atoms with van der Waals surface area (Å²) in [5.41, 5.74) is 2.80. The number of carbonyl (C=O) groups excluding carboxylic acids is 1. The van der Waals surface area contributed by atoms with Crippen LogP contribution >= 0.6 is 11.6 Å². The summed E-state index contributed by atoms with van der Waals surface area (Å²) >= 11 is 5.88. The Bertz CT molecular complexity index is 1250. The minimum Gasteiger partial charge on any atom is -0.471 e. The Kier molecular flexibility index (Phi) is 6.23. The van der Waals surface area contributed by atoms with Crippen LogP contribution in [0.4, 0.5) is 10.1 Å². The van der Waals surface area contributed by atoms with Gasteiger partial charge >= 0.3 is 0 Å². The standard InChI is InChI=1S/C23H21ClFN5O2/c1-15-22(16(2)29(28-15)13-17-5-3-4-6-20(17)25)27-23(31)21-11-12-26-30(21)14-32-19-9-7-18(24)8-10-19/h3-12H,13-14H2,1-2H3,(H,27,31). The van der Waals surface area contributed by atoms with Crippen LogP contribution in [0.1, 0.15) is 27.4 Å². The molecule has 2 aromatic heterocycles. The van der Waals surface area contributed by atoms with Gasteiger partial charge in [0.25, 0.3) is 5.91 Å². The Morgan fingerprint density at radius 1 is 1.09 bits per heavy atom. The van der Waals surface area contributed by atoms with Crippen LogP contribution in [-0.4, -0.2) is 25.5 Å². The number of aryl methyl sites for hydroxylation is 1. The average Bonchev–Trinajstić information content (AvgIpc) is 3.35. The van der Waals surface area contributed by atoms with E-state index in [1.54, 1.807) is 60.1 Å². The SMILES string of the molecule is Cc1nn(Cc2ccccc2F)c(C)c1NC(=O)c1ccnn1COc1ccc(Cl)cc1. The van der Waals surface area contributed by atoms with Crippen molar-refractivity contribution in [3.63, 3.8) is 0 Å². The van der Waals surface area contributed by atoms with Crippen LogP contribution in [-0.2, 0) is 13.3 Å². The van der Waals surface area contributed by atoms with Crippen LogP contribution in [0.5, 0.6) is 5.75 Å². The Hall–Kier alpha value is -3.65. The molecule has 4 rings (SSSR count). The maximum atomic E-state index is 14.0. The normalized spacial score (nSPS) is 10.9. The van der Waals surface area contributed by atoms with Gasteiger partial charge in [0.2, 0.25) is 0 Å². The first-order chi connectivity index (χ1) is 15.4. The molecule has 0 spiro atoms. The van der Waals surface area contributed by atoms with E-state index in [9.17, 15) is 9.18 Å². The number of anilines is 1. The molecule has 0 saturated carbocycles. The summed E-state index contributed by atoms with van der Waals surface area (Å²) in [6.45, 7) is 3.95. The zero-order chi connectivity index (χ0) is 22.7. The van der Waals surface area contributed by atoms with E-state index < -0.39 is 0 Å². The summed E-state index contributed by atoms with van der Waals surface area (Å²) in [6, 6.07) is 15.1. The third-order valence-corrected chi connectivity index (χ3v) is 5.27. The maximum Gasteiger partial charge on any atom is 0.274 e. The van der Waals surface area contributed by atoms with E-state index in [0.29, 0.717) is 33.4 Å². The molecule has 0 aliphatic rings. The second kappa shape index (κ2) is 9.23. The van der Waals surface area contributed by atoms with Crippen molar-refractivity contribution in [3.8, 4) is 5.75 Å². The topological polar surface area (TPSA) is 74.0 Å². The molecule has 0 saturated heterocycles. The number of rotatable bonds is 7. The van der Waals surface area contributed by atoms with Gasteiger partial charge in [0.15, 0.2) is 6.73 Å². The van der Waals surface area contributed by atoms with Crippen molar-refractivity contribution < 1.29 is 13.9 Å². The monoisotopic (exact) mass is 453 g/mol. The van der Waals surface area contributed by atoms with Crippen molar-refractivity contribution in [1.82, 2.24) is 19.6 Å². The molecule has 0 aliphatic carbocycles. The Balaban J connectivity index is 1.48. The highest BCUT2D eigenvalue weighted by Gasteiger charge is 2.19. The molecule has 0 bridgehead atoms. The molecule has 9 heteroatoms. The number of carbonyl (C=O) groups is 1. The first-order valence-corrected chi connectivity index (χ1v) is 10.3. The van der Waals surface area contributed by atoms with E-state index >= 15 is 0 Å². The summed E-state index contributed by atoms with van der Waals surface area (Å²) in [4.78, 5) is 12.9. The minimum absolute atomic E-state index is 0.0574. The lowest BCUT2D eigenvalue weighted by Crippen LogP contribution is -2.20. The number of amides is 1. The predicted molar refractivity (Wildman–Crippen MR) is 119 cm³/mol. The van der Waals surface area contributed by atoms with Crippen LogP contribution < -0.4 is 10.1 Å². The fourth-order valence-electron chi connectivity index (χ4n) is 3.29. The van der Waals surface area contributed by atoms with Crippen molar-refractivity contribution in [2.24, 2.45) is 0 Å². The summed E-state index contributed by atoms with van der Waals surface area (Å²) < 4.78 is 22.8. The summed E-state index contributed by atoms with van der Waals surface area (Å²) in [5.74, 6) is -0.0357. The molecule has 0 atom stereocenters. The maximum absolute atomic E-state index is 14.0. The van der Waals surface area contributed by atoms with Crippen LogP contribution in [0.2, 0.25) is 5.02 Å². The lowest BCUT2D eigenvalue weighted by Gasteiger charge is -2.11. The second-order valence-corrected chi connectivity index (χ2v) is 7.63. The fourth-order valence-corrected chi connectivity index (χ4v) is 3.42. The number of hydrogen-bond donors (Lipinski definition) is 1. The van der Waals surface area contributed by atoms with E-state index in [4.69, 9.17) is 16.3 Å². The molecule has 0 unspecified atom stereocenters. The van der Waals surface area contributed by atoms with Crippen molar-refractivity contribution in [2.75, 3.05) is 5.32 Å². The molecule has 0 radical (unpaired) electrons. The van der Waals surface area contributed by atoms with Gasteiger partial charge < -0.3 is 10.1 Å². The van der Waals surface area contributed by atoms with E-state index in [1.165, 1.54) is 16.9 Å². The van der Waals surface area contributed by atoms with Crippen molar-refractivity contribution in [2.45, 2.75) is 27.1 Å². The van der Waals surface area contributed by atoms with Gasteiger partial charge in [-0.1, -0.05) is 29.8 Å². The summed E-state index contributed by atoms with van der Waals surface area (Å²) in [5, 5.41) is 12.1. The molecule has 2 aromatic carbocycles. The Labute approximate surface area is 189 Å². The summed E-state index contributed by atoms with van der Waals surface area (Å²) in [6.07, 6.45) is 1.53. The number of halogens is 2. The first-order valence-electron chi connectivity index (χ1n) is 9.91. The van der Waals surface area contributed by atoms with Crippen molar-refractivity contribution in [1.29, 1.82) is 0 Å². The largest absolute Gasteiger partial charge is 0.471 e. The second-order valence-electron chi connectivity index (χ2n) is 7.19. The molecule has 0 fully saturated rings. The zero-order valence-corrected chi connectivity index (χ0v) is 18.3. The minimum atomic E-state index is -0.348. The Morgan fingerprint density at radius 2 is 1.84 bits per heavy atom. The van der Waals surface area contributed by atoms with E-state index in [0.717, 1.165) is 5.69 Å². The van der Waals surface area contributed by atoms with Gasteiger partial charge in [-0.25, -0.2) is 9.07 Å². The fraction of sp³-hybridized carbons (Fsp3) is 0.174. The van der Waals surface area contributed by atoms with Gasteiger partial charge in [-0.15, -0.1) is 0 Å². The molecule has 1 amide bonds. The summed E-state index contributed by atoms with van der Waals surface area (Å²) in [7, 11) is 0. The van der Waals surface area contributed by atoms with Gasteiger partial charge in [-0.3, -0.25) is 9.48 Å². The molecule has 2 heterocycles. The van der Waals surface area contributed by atoms with Gasteiger partial charge in [0, 0.05) is 16.8 Å². The van der Waals surface area contributed by atoms with Crippen LogP contribution in [0.3, 0.4) is 0 Å². The molecule has 0 aliphatic heterocycles. The molecular formula is C23H21ClFN5O2. The van der Waals surface area contributed by atoms with E-state index in [1.807, 2.05) is 6.92 Å². The van der Waals surface area contributed by atoms with Crippen LogP contribution in [0.25, 0.3) is 0 Å². The van der Waals surface area contributed by atoms with Gasteiger partial charge in [-0.05, 0) is 50.2 Å². The molecule has 164 valence electrons. The van der Waals surface area contributed by atoms with E-state index in [-0.39, 0.29) is 25.0 Å². The highest BCUT2D eigenvalue weighted by Crippen LogP contribution is 2.22. The molecule has 32 heavy (non-hydrogen) atoms. The van der Waals surface area contributed by atoms with Gasteiger partial charge in [0.05, 0.1) is 23.6 Å². The van der Waals surface area contributed by atoms with Crippen LogP contribution in [0.15, 0.2) is 60.8 Å². The van der Waals surface area contributed by atoms with Gasteiger partial charge in [0.1, 0.15) is 17.3 Å². The number of hydrogen-bond acceptors (Lipinski definition) is 4. The molecule has 7 nitrogen and oxygen atoms in total. The zero-order valence-electron chi connectivity index (χ0n) is 17.5. The van der Waals surface area contributed by atoms with Crippen molar-refractivity contribution >= 4 is 23.2 Å². The van der Waals surface area contributed by atoms with Gasteiger partial charge in [-0.2, -0.15) is 10.2 Å². The average molecular weight is 454 g/mol. The first kappa shape index (κ1) is 21.6. The highest BCUT2D eigenvalue weighted by atomic mass is 35.5. The smallest absolute Gasteiger partial charge is 0.274 e. The third kappa shape index (κ3) is 4.65. The predicted octanol–water partition coefficient (Wildman–Crippen LogP) is 4.83. The highest BCUT2D eigenvalue weighted by molar-refractivity contribution is 6.30. The number of ether oxygens (including phenoxy) is 1. The van der Waals surface area contributed by atoms with Crippen molar-refractivity contribution in [3.05, 3.63) is 94.3 Å². The Morgan fingerprint density at radius 3 is 2.59 bits per heavy atom. The van der Waals surface area contributed by atoms with E-state index in [2.05, 4.69) is 15.5 Å². The van der Waals surface area contributed by atoms with Crippen LogP contribution in [0, 0.1) is 19.7 Å². The number of nitrogens with zero attached hydrogens (tertiary/aromatic N) is 4. The number of nitrogens with one attached hydrogen (secondary N) is 1. The number of aromatic nitrogens is 4. The molecule has 1 N–H and O–H groups in total. The molecular weight excluding hydrogens is 433 g/mol.